The van der Waals surface area contributed by atoms with Gasteiger partial charge in [-0.3, -0.25) is 0 Å². The summed E-state index contributed by atoms with van der Waals surface area (Å²) in [6.45, 7) is 4.07. The van der Waals surface area contributed by atoms with E-state index in [2.05, 4.69) is 17.1 Å². The van der Waals surface area contributed by atoms with Crippen LogP contribution >= 0.6 is 0 Å². The fraction of sp³-hybridized carbons (Fsp3) is 0.818. The fourth-order valence-electron chi connectivity index (χ4n) is 1.39. The molecule has 4 heteroatoms. The van der Waals surface area contributed by atoms with Crippen molar-refractivity contribution in [2.75, 3.05) is 0 Å². The third kappa shape index (κ3) is 4.00. The lowest BCUT2D eigenvalue weighted by atomic mass is 10.1. The molecule has 15 heavy (non-hydrogen) atoms. The molecule has 0 aliphatic heterocycles. The number of aliphatic hydroxyl groups is 1. The highest BCUT2D eigenvalue weighted by Crippen LogP contribution is 2.13. The Morgan fingerprint density at radius 3 is 2.73 bits per heavy atom. The molecule has 0 aliphatic carbocycles. The zero-order valence-corrected chi connectivity index (χ0v) is 9.57. The van der Waals surface area contributed by atoms with Crippen LogP contribution in [0.4, 0.5) is 0 Å². The number of unbranched alkanes of at least 4 members (excludes halogenated alkanes) is 3. The van der Waals surface area contributed by atoms with Gasteiger partial charge in [0.25, 0.3) is 0 Å². The summed E-state index contributed by atoms with van der Waals surface area (Å²) in [5, 5.41) is 13.2. The molecule has 4 nitrogen and oxygen atoms in total. The lowest BCUT2D eigenvalue weighted by Gasteiger charge is -1.98. The quantitative estimate of drug-likeness (QED) is 0.706. The Morgan fingerprint density at radius 2 is 2.07 bits per heavy atom. The molecule has 0 amide bonds. The van der Waals surface area contributed by atoms with E-state index in [4.69, 9.17) is 4.52 Å². The molecule has 1 aromatic heterocycles. The zero-order valence-electron chi connectivity index (χ0n) is 9.57. The summed E-state index contributed by atoms with van der Waals surface area (Å²) in [7, 11) is 0. The Hall–Kier alpha value is -0.900. The molecule has 0 spiro atoms. The number of hydrogen-bond donors (Lipinski definition) is 1. The molecular formula is C11H20N2O2. The second-order valence-electron chi connectivity index (χ2n) is 3.78. The van der Waals surface area contributed by atoms with Crippen LogP contribution in [-0.4, -0.2) is 15.2 Å². The highest BCUT2D eigenvalue weighted by atomic mass is 16.5. The van der Waals surface area contributed by atoms with Gasteiger partial charge < -0.3 is 9.63 Å². The molecule has 0 saturated heterocycles. The third-order valence-corrected chi connectivity index (χ3v) is 2.41. The number of nitrogens with zero attached hydrogens (tertiary/aromatic N) is 2. The first-order valence-electron chi connectivity index (χ1n) is 5.78. The van der Waals surface area contributed by atoms with E-state index in [-0.39, 0.29) is 0 Å². The smallest absolute Gasteiger partial charge is 0.226 e. The van der Waals surface area contributed by atoms with Gasteiger partial charge in [-0.1, -0.05) is 38.3 Å². The number of aryl methyl sites for hydroxylation is 1. The van der Waals surface area contributed by atoms with Crippen LogP contribution < -0.4 is 0 Å². The van der Waals surface area contributed by atoms with Crippen molar-refractivity contribution in [2.45, 2.75) is 58.5 Å². The molecule has 86 valence electrons. The van der Waals surface area contributed by atoms with Crippen molar-refractivity contribution in [1.29, 1.82) is 0 Å². The van der Waals surface area contributed by atoms with Crippen molar-refractivity contribution in [3.05, 3.63) is 11.7 Å². The van der Waals surface area contributed by atoms with Crippen LogP contribution in [0.5, 0.6) is 0 Å². The number of rotatable bonds is 7. The minimum atomic E-state index is -0.585. The highest BCUT2D eigenvalue weighted by Gasteiger charge is 2.12. The van der Waals surface area contributed by atoms with E-state index in [9.17, 15) is 5.11 Å². The van der Waals surface area contributed by atoms with Gasteiger partial charge in [0.2, 0.25) is 5.89 Å². The van der Waals surface area contributed by atoms with Crippen molar-refractivity contribution in [2.24, 2.45) is 0 Å². The molecule has 0 radical (unpaired) electrons. The number of aromatic nitrogens is 2. The predicted molar refractivity (Wildman–Crippen MR) is 57.4 cm³/mol. The van der Waals surface area contributed by atoms with Gasteiger partial charge in [-0.15, -0.1) is 0 Å². The molecule has 1 N–H and O–H groups in total. The van der Waals surface area contributed by atoms with E-state index in [1.165, 1.54) is 19.3 Å². The summed E-state index contributed by atoms with van der Waals surface area (Å²) in [6.07, 6.45) is 5.61. The van der Waals surface area contributed by atoms with Crippen molar-refractivity contribution in [1.82, 2.24) is 10.1 Å². The van der Waals surface area contributed by atoms with Crippen molar-refractivity contribution in [3.63, 3.8) is 0 Å². The van der Waals surface area contributed by atoms with Crippen LogP contribution in [0.15, 0.2) is 4.52 Å². The first-order valence-corrected chi connectivity index (χ1v) is 5.78. The van der Waals surface area contributed by atoms with Crippen LogP contribution in [0, 0.1) is 0 Å². The molecule has 1 rings (SSSR count). The van der Waals surface area contributed by atoms with E-state index < -0.39 is 6.10 Å². The molecule has 0 aromatic carbocycles. The SMILES string of the molecule is CCCCCCc1nc(C(O)CC)no1. The molecule has 0 saturated carbocycles. The molecular weight excluding hydrogens is 192 g/mol. The van der Waals surface area contributed by atoms with Gasteiger partial charge >= 0.3 is 0 Å². The third-order valence-electron chi connectivity index (χ3n) is 2.41. The number of hydrogen-bond acceptors (Lipinski definition) is 4. The van der Waals surface area contributed by atoms with E-state index in [1.807, 2.05) is 6.92 Å². The molecule has 1 heterocycles. The Morgan fingerprint density at radius 1 is 1.27 bits per heavy atom. The largest absolute Gasteiger partial charge is 0.385 e. The van der Waals surface area contributed by atoms with Gasteiger partial charge in [-0.25, -0.2) is 0 Å². The maximum Gasteiger partial charge on any atom is 0.226 e. The summed E-state index contributed by atoms with van der Waals surface area (Å²) in [6, 6.07) is 0. The van der Waals surface area contributed by atoms with Crippen LogP contribution in [0.1, 0.15) is 63.8 Å². The van der Waals surface area contributed by atoms with Gasteiger partial charge in [0.15, 0.2) is 5.82 Å². The summed E-state index contributed by atoms with van der Waals surface area (Å²) >= 11 is 0. The molecule has 0 aliphatic rings. The van der Waals surface area contributed by atoms with E-state index >= 15 is 0 Å². The van der Waals surface area contributed by atoms with Gasteiger partial charge in [0, 0.05) is 6.42 Å². The van der Waals surface area contributed by atoms with Crippen molar-refractivity contribution < 1.29 is 9.63 Å². The van der Waals surface area contributed by atoms with Gasteiger partial charge in [0.1, 0.15) is 6.10 Å². The van der Waals surface area contributed by atoms with Crippen LogP contribution in [0.3, 0.4) is 0 Å². The van der Waals surface area contributed by atoms with Gasteiger partial charge in [-0.05, 0) is 12.8 Å². The molecule has 1 unspecified atom stereocenters. The zero-order chi connectivity index (χ0) is 11.1. The highest BCUT2D eigenvalue weighted by molar-refractivity contribution is 4.90. The second kappa shape index (κ2) is 6.56. The second-order valence-corrected chi connectivity index (χ2v) is 3.78. The van der Waals surface area contributed by atoms with Crippen LogP contribution in [0.2, 0.25) is 0 Å². The Bertz CT molecular complexity index is 273. The Labute approximate surface area is 90.7 Å². The van der Waals surface area contributed by atoms with Gasteiger partial charge in [0.05, 0.1) is 0 Å². The van der Waals surface area contributed by atoms with Crippen LogP contribution in [0.25, 0.3) is 0 Å². The number of aliphatic hydroxyl groups excluding tert-OH is 1. The summed E-state index contributed by atoms with van der Waals surface area (Å²) < 4.78 is 5.05. The molecule has 1 atom stereocenters. The normalized spacial score (nSPS) is 13.0. The minimum absolute atomic E-state index is 0.419. The predicted octanol–water partition coefficient (Wildman–Crippen LogP) is 2.64. The minimum Gasteiger partial charge on any atom is -0.385 e. The maximum absolute atomic E-state index is 9.47. The fourth-order valence-corrected chi connectivity index (χ4v) is 1.39. The Kier molecular flexibility index (Phi) is 5.32. The first kappa shape index (κ1) is 12.2. The van der Waals surface area contributed by atoms with Crippen molar-refractivity contribution in [3.8, 4) is 0 Å². The first-order chi connectivity index (χ1) is 7.27. The van der Waals surface area contributed by atoms with E-state index in [0.29, 0.717) is 18.1 Å². The lowest BCUT2D eigenvalue weighted by molar-refractivity contribution is 0.159. The molecule has 0 fully saturated rings. The van der Waals surface area contributed by atoms with E-state index in [1.54, 1.807) is 0 Å². The average molecular weight is 212 g/mol. The van der Waals surface area contributed by atoms with Gasteiger partial charge in [-0.2, -0.15) is 4.98 Å². The molecule has 0 bridgehead atoms. The maximum atomic E-state index is 9.47. The summed E-state index contributed by atoms with van der Waals surface area (Å²) in [4.78, 5) is 4.15. The monoisotopic (exact) mass is 212 g/mol. The molecule has 1 aromatic rings. The Balaban J connectivity index is 2.33. The lowest BCUT2D eigenvalue weighted by Crippen LogP contribution is -1.97. The summed E-state index contributed by atoms with van der Waals surface area (Å²) in [5.41, 5.74) is 0. The topological polar surface area (TPSA) is 59.2 Å². The summed E-state index contributed by atoms with van der Waals surface area (Å²) in [5.74, 6) is 1.07. The van der Waals surface area contributed by atoms with E-state index in [0.717, 1.165) is 12.8 Å². The van der Waals surface area contributed by atoms with Crippen molar-refractivity contribution >= 4 is 0 Å². The average Bonchev–Trinajstić information content (AvgIpc) is 2.72. The standard InChI is InChI=1S/C11H20N2O2/c1-3-5-6-7-8-10-12-11(13-15-10)9(14)4-2/h9,14H,3-8H2,1-2H3. The van der Waals surface area contributed by atoms with Crippen LogP contribution in [-0.2, 0) is 6.42 Å².